The standard InChI is InChI=1S/C14H19ClN2O3.ClH/c1-19-12(10-3-2-4-11(15)7-10)9-17-14(18)13-8-16-5-6-20-13;/h2-4,7,12-13,16H,5-6,8-9H2,1H3,(H,17,18);1H. The van der Waals surface area contributed by atoms with Gasteiger partial charge in [-0.25, -0.2) is 0 Å². The Morgan fingerprint density at radius 2 is 2.43 bits per heavy atom. The van der Waals surface area contributed by atoms with Crippen molar-refractivity contribution < 1.29 is 14.3 Å². The van der Waals surface area contributed by atoms with Gasteiger partial charge in [0.25, 0.3) is 5.91 Å². The molecule has 118 valence electrons. The summed E-state index contributed by atoms with van der Waals surface area (Å²) < 4.78 is 10.8. The average molecular weight is 335 g/mol. The molecule has 2 unspecified atom stereocenters. The van der Waals surface area contributed by atoms with Crippen LogP contribution in [0.4, 0.5) is 0 Å². The zero-order chi connectivity index (χ0) is 14.4. The average Bonchev–Trinajstić information content (AvgIpc) is 2.48. The molecular weight excluding hydrogens is 315 g/mol. The van der Waals surface area contributed by atoms with E-state index in [0.29, 0.717) is 24.7 Å². The highest BCUT2D eigenvalue weighted by Crippen LogP contribution is 2.19. The number of halogens is 2. The number of carbonyl (C=O) groups excluding carboxylic acids is 1. The molecule has 1 amide bonds. The van der Waals surface area contributed by atoms with Gasteiger partial charge in [0.15, 0.2) is 0 Å². The van der Waals surface area contributed by atoms with Crippen LogP contribution in [0.25, 0.3) is 0 Å². The lowest BCUT2D eigenvalue weighted by Crippen LogP contribution is -2.48. The van der Waals surface area contributed by atoms with Crippen LogP contribution in [0.3, 0.4) is 0 Å². The Labute approximate surface area is 135 Å². The SMILES string of the molecule is COC(CNC(=O)C1CNCCO1)c1cccc(Cl)c1.Cl. The van der Waals surface area contributed by atoms with Crippen molar-refractivity contribution in [3.63, 3.8) is 0 Å². The number of hydrogen-bond donors (Lipinski definition) is 2. The number of benzene rings is 1. The molecule has 0 saturated carbocycles. The van der Waals surface area contributed by atoms with Crippen LogP contribution in [0.2, 0.25) is 5.02 Å². The largest absolute Gasteiger partial charge is 0.375 e. The van der Waals surface area contributed by atoms with E-state index < -0.39 is 6.10 Å². The Kier molecular flexibility index (Phi) is 8.00. The Bertz CT molecular complexity index is 454. The molecule has 0 bridgehead atoms. The highest BCUT2D eigenvalue weighted by molar-refractivity contribution is 6.30. The molecule has 5 nitrogen and oxygen atoms in total. The van der Waals surface area contributed by atoms with E-state index in [2.05, 4.69) is 10.6 Å². The fourth-order valence-electron chi connectivity index (χ4n) is 2.09. The summed E-state index contributed by atoms with van der Waals surface area (Å²) in [6, 6.07) is 7.42. The summed E-state index contributed by atoms with van der Waals surface area (Å²) in [6.07, 6.45) is -0.658. The van der Waals surface area contributed by atoms with E-state index in [9.17, 15) is 4.79 Å². The molecule has 1 saturated heterocycles. The van der Waals surface area contributed by atoms with Crippen LogP contribution in [-0.2, 0) is 14.3 Å². The summed E-state index contributed by atoms with van der Waals surface area (Å²) in [5, 5.41) is 6.62. The fourth-order valence-corrected chi connectivity index (χ4v) is 2.28. The van der Waals surface area contributed by atoms with Gasteiger partial charge in [0.1, 0.15) is 6.10 Å². The molecule has 1 aromatic carbocycles. The zero-order valence-electron chi connectivity index (χ0n) is 11.8. The molecule has 0 radical (unpaired) electrons. The van der Waals surface area contributed by atoms with Gasteiger partial charge in [-0.05, 0) is 17.7 Å². The normalized spacial score (nSPS) is 19.4. The molecule has 2 N–H and O–H groups in total. The molecule has 1 aliphatic heterocycles. The predicted octanol–water partition coefficient (Wildman–Crippen LogP) is 1.55. The Morgan fingerprint density at radius 1 is 1.62 bits per heavy atom. The molecule has 1 fully saturated rings. The maximum atomic E-state index is 12.0. The van der Waals surface area contributed by atoms with E-state index in [1.54, 1.807) is 13.2 Å². The second kappa shape index (κ2) is 9.23. The van der Waals surface area contributed by atoms with Gasteiger partial charge in [0.2, 0.25) is 0 Å². The molecule has 2 rings (SSSR count). The number of hydrogen-bond acceptors (Lipinski definition) is 4. The second-order valence-electron chi connectivity index (χ2n) is 4.59. The van der Waals surface area contributed by atoms with E-state index >= 15 is 0 Å². The third kappa shape index (κ3) is 5.45. The van der Waals surface area contributed by atoms with Gasteiger partial charge >= 0.3 is 0 Å². The summed E-state index contributed by atoms with van der Waals surface area (Å²) in [4.78, 5) is 12.0. The van der Waals surface area contributed by atoms with Gasteiger partial charge in [0, 0.05) is 31.8 Å². The molecule has 0 aromatic heterocycles. The van der Waals surface area contributed by atoms with E-state index in [1.807, 2.05) is 18.2 Å². The molecule has 7 heteroatoms. The van der Waals surface area contributed by atoms with Crippen molar-refractivity contribution in [3.8, 4) is 0 Å². The molecule has 21 heavy (non-hydrogen) atoms. The molecule has 2 atom stereocenters. The van der Waals surface area contributed by atoms with Gasteiger partial charge in [-0.3, -0.25) is 4.79 Å². The first kappa shape index (κ1) is 18.2. The lowest BCUT2D eigenvalue weighted by molar-refractivity contribution is -0.134. The van der Waals surface area contributed by atoms with Gasteiger partial charge in [-0.1, -0.05) is 23.7 Å². The monoisotopic (exact) mass is 334 g/mol. The molecule has 1 aromatic rings. The highest BCUT2D eigenvalue weighted by atomic mass is 35.5. The van der Waals surface area contributed by atoms with Crippen molar-refractivity contribution in [3.05, 3.63) is 34.9 Å². The van der Waals surface area contributed by atoms with E-state index in [0.717, 1.165) is 12.1 Å². The smallest absolute Gasteiger partial charge is 0.250 e. The van der Waals surface area contributed by atoms with Gasteiger partial charge in [0.05, 0.1) is 12.7 Å². The maximum Gasteiger partial charge on any atom is 0.250 e. The van der Waals surface area contributed by atoms with Crippen molar-refractivity contribution in [2.75, 3.05) is 33.4 Å². The lowest BCUT2D eigenvalue weighted by Gasteiger charge is -2.24. The topological polar surface area (TPSA) is 59.6 Å². The lowest BCUT2D eigenvalue weighted by atomic mass is 10.1. The van der Waals surface area contributed by atoms with Crippen LogP contribution in [0, 0.1) is 0 Å². The van der Waals surface area contributed by atoms with Crippen LogP contribution in [0.15, 0.2) is 24.3 Å². The van der Waals surface area contributed by atoms with Crippen LogP contribution in [-0.4, -0.2) is 45.4 Å². The van der Waals surface area contributed by atoms with Gasteiger partial charge in [-0.15, -0.1) is 12.4 Å². The summed E-state index contributed by atoms with van der Waals surface area (Å²) in [5.74, 6) is -0.124. The second-order valence-corrected chi connectivity index (χ2v) is 5.02. The minimum absolute atomic E-state index is 0. The Morgan fingerprint density at radius 3 is 3.05 bits per heavy atom. The Hall–Kier alpha value is -0.850. The summed E-state index contributed by atoms with van der Waals surface area (Å²) >= 11 is 5.96. The molecule has 1 aliphatic rings. The first-order valence-electron chi connectivity index (χ1n) is 6.59. The van der Waals surface area contributed by atoms with Crippen LogP contribution >= 0.6 is 24.0 Å². The van der Waals surface area contributed by atoms with E-state index in [1.165, 1.54) is 0 Å². The third-order valence-electron chi connectivity index (χ3n) is 3.19. The number of nitrogens with one attached hydrogen (secondary N) is 2. The molecule has 1 heterocycles. The number of ether oxygens (including phenoxy) is 2. The minimum atomic E-state index is -0.430. The van der Waals surface area contributed by atoms with Crippen molar-refractivity contribution in [2.45, 2.75) is 12.2 Å². The molecule has 0 spiro atoms. The zero-order valence-corrected chi connectivity index (χ0v) is 13.4. The first-order valence-corrected chi connectivity index (χ1v) is 6.97. The van der Waals surface area contributed by atoms with Crippen LogP contribution < -0.4 is 10.6 Å². The predicted molar refractivity (Wildman–Crippen MR) is 84.1 cm³/mol. The van der Waals surface area contributed by atoms with Crippen LogP contribution in [0.5, 0.6) is 0 Å². The Balaban J connectivity index is 0.00000220. The number of morpholine rings is 1. The third-order valence-corrected chi connectivity index (χ3v) is 3.42. The minimum Gasteiger partial charge on any atom is -0.375 e. The number of amides is 1. The number of rotatable bonds is 5. The van der Waals surface area contributed by atoms with Gasteiger partial charge < -0.3 is 20.1 Å². The van der Waals surface area contributed by atoms with Crippen molar-refractivity contribution in [1.29, 1.82) is 0 Å². The number of carbonyl (C=O) groups is 1. The molecule has 0 aliphatic carbocycles. The number of methoxy groups -OCH3 is 1. The van der Waals surface area contributed by atoms with E-state index in [-0.39, 0.29) is 24.4 Å². The fraction of sp³-hybridized carbons (Fsp3) is 0.500. The van der Waals surface area contributed by atoms with Crippen LogP contribution in [0.1, 0.15) is 11.7 Å². The van der Waals surface area contributed by atoms with Crippen molar-refractivity contribution in [2.24, 2.45) is 0 Å². The van der Waals surface area contributed by atoms with E-state index in [4.69, 9.17) is 21.1 Å². The van der Waals surface area contributed by atoms with Crippen molar-refractivity contribution >= 4 is 29.9 Å². The highest BCUT2D eigenvalue weighted by Gasteiger charge is 2.22. The summed E-state index contributed by atoms with van der Waals surface area (Å²) in [7, 11) is 1.61. The quantitative estimate of drug-likeness (QED) is 0.857. The first-order chi connectivity index (χ1) is 9.70. The molecular formula is C14H20Cl2N2O3. The summed E-state index contributed by atoms with van der Waals surface area (Å²) in [6.45, 7) is 2.27. The van der Waals surface area contributed by atoms with Crippen molar-refractivity contribution in [1.82, 2.24) is 10.6 Å². The maximum absolute atomic E-state index is 12.0. The van der Waals surface area contributed by atoms with Gasteiger partial charge in [-0.2, -0.15) is 0 Å². The summed E-state index contributed by atoms with van der Waals surface area (Å²) in [5.41, 5.74) is 0.933.